The molecule has 0 saturated carbocycles. The highest BCUT2D eigenvalue weighted by Gasteiger charge is 2.14. The number of likely N-dealkylation sites (tertiary alicyclic amines) is 1. The number of ether oxygens (including phenoxy) is 1. The molecular formula is C12H24N4O. The second kappa shape index (κ2) is 7.17. The maximum Gasteiger partial charge on any atom is 0.124 e. The van der Waals surface area contributed by atoms with Crippen LogP contribution in [0.15, 0.2) is 11.9 Å². The molecule has 0 radical (unpaired) electrons. The predicted octanol–water partition coefficient (Wildman–Crippen LogP) is 0.745. The zero-order valence-electron chi connectivity index (χ0n) is 11.0. The third-order valence-electron chi connectivity index (χ3n) is 2.82. The molecule has 1 atom stereocenters. The van der Waals surface area contributed by atoms with Crippen LogP contribution in [0.5, 0.6) is 0 Å². The monoisotopic (exact) mass is 240 g/mol. The summed E-state index contributed by atoms with van der Waals surface area (Å²) >= 11 is 0. The van der Waals surface area contributed by atoms with Crippen molar-refractivity contribution < 1.29 is 4.74 Å². The summed E-state index contributed by atoms with van der Waals surface area (Å²) in [4.78, 5) is 2.10. The summed E-state index contributed by atoms with van der Waals surface area (Å²) in [5.41, 5.74) is 0. The molecule has 0 aromatic carbocycles. The minimum Gasteiger partial charge on any atom is -0.383 e. The number of hydrogen-bond donors (Lipinski definition) is 3. The number of amidine groups is 1. The minimum absolute atomic E-state index is 0.227. The molecule has 0 aromatic rings. The van der Waals surface area contributed by atoms with Crippen LogP contribution in [0, 0.1) is 5.41 Å². The smallest absolute Gasteiger partial charge is 0.124 e. The first-order valence-corrected chi connectivity index (χ1v) is 6.15. The Morgan fingerprint density at radius 3 is 2.65 bits per heavy atom. The molecular weight excluding hydrogens is 216 g/mol. The van der Waals surface area contributed by atoms with E-state index in [4.69, 9.17) is 10.1 Å². The molecule has 0 unspecified atom stereocenters. The van der Waals surface area contributed by atoms with Crippen LogP contribution in [-0.2, 0) is 4.74 Å². The third-order valence-corrected chi connectivity index (χ3v) is 2.82. The lowest BCUT2D eigenvalue weighted by atomic mass is 10.3. The molecule has 1 aliphatic rings. The van der Waals surface area contributed by atoms with Gasteiger partial charge >= 0.3 is 0 Å². The number of rotatable bonds is 6. The number of nitrogens with zero attached hydrogens (tertiary/aromatic N) is 1. The van der Waals surface area contributed by atoms with Gasteiger partial charge in [0.15, 0.2) is 0 Å². The Kier molecular flexibility index (Phi) is 5.83. The Labute approximate surface area is 104 Å². The van der Waals surface area contributed by atoms with Gasteiger partial charge in [-0.3, -0.25) is 5.41 Å². The van der Waals surface area contributed by atoms with Crippen molar-refractivity contribution in [3.8, 4) is 0 Å². The largest absolute Gasteiger partial charge is 0.383 e. The number of methoxy groups -OCH3 is 1. The van der Waals surface area contributed by atoms with Gasteiger partial charge in [0.05, 0.1) is 6.61 Å². The highest BCUT2D eigenvalue weighted by molar-refractivity contribution is 5.90. The lowest BCUT2D eigenvalue weighted by Crippen LogP contribution is -2.36. The molecule has 5 heteroatoms. The molecule has 1 heterocycles. The lowest BCUT2D eigenvalue weighted by molar-refractivity contribution is 0.175. The van der Waals surface area contributed by atoms with Gasteiger partial charge in [0.2, 0.25) is 0 Å². The fraction of sp³-hybridized carbons (Fsp3) is 0.750. The first kappa shape index (κ1) is 13.8. The van der Waals surface area contributed by atoms with E-state index in [1.807, 2.05) is 20.0 Å². The fourth-order valence-electron chi connectivity index (χ4n) is 1.93. The van der Waals surface area contributed by atoms with Crippen molar-refractivity contribution >= 4 is 5.84 Å². The van der Waals surface area contributed by atoms with Gasteiger partial charge in [-0.2, -0.15) is 0 Å². The second-order valence-electron chi connectivity index (χ2n) is 4.39. The van der Waals surface area contributed by atoms with Gasteiger partial charge in [-0.1, -0.05) is 0 Å². The van der Waals surface area contributed by atoms with E-state index in [1.165, 1.54) is 12.8 Å². The van der Waals surface area contributed by atoms with Crippen molar-refractivity contribution in [3.63, 3.8) is 0 Å². The summed E-state index contributed by atoms with van der Waals surface area (Å²) in [6.07, 6.45) is 4.23. The Balaban J connectivity index is 2.49. The molecule has 0 bridgehead atoms. The fourth-order valence-corrected chi connectivity index (χ4v) is 1.93. The first-order chi connectivity index (χ1) is 8.17. The molecule has 1 aliphatic heterocycles. The van der Waals surface area contributed by atoms with Crippen molar-refractivity contribution in [2.75, 3.05) is 33.9 Å². The molecule has 17 heavy (non-hydrogen) atoms. The quantitative estimate of drug-likeness (QED) is 0.473. The van der Waals surface area contributed by atoms with E-state index in [0.717, 1.165) is 18.9 Å². The molecule has 98 valence electrons. The van der Waals surface area contributed by atoms with Crippen molar-refractivity contribution in [2.24, 2.45) is 0 Å². The van der Waals surface area contributed by atoms with E-state index in [0.29, 0.717) is 12.4 Å². The molecule has 1 fully saturated rings. The van der Waals surface area contributed by atoms with Gasteiger partial charge in [-0.05, 0) is 19.8 Å². The van der Waals surface area contributed by atoms with E-state index in [1.54, 1.807) is 7.11 Å². The highest BCUT2D eigenvalue weighted by Crippen LogP contribution is 2.08. The van der Waals surface area contributed by atoms with Crippen LogP contribution in [0.1, 0.15) is 19.8 Å². The lowest BCUT2D eigenvalue weighted by Gasteiger charge is -2.20. The molecule has 0 amide bonds. The zero-order chi connectivity index (χ0) is 12.7. The summed E-state index contributed by atoms with van der Waals surface area (Å²) in [5, 5.41) is 14.4. The Hall–Kier alpha value is -1.23. The van der Waals surface area contributed by atoms with Gasteiger partial charge in [0.1, 0.15) is 11.7 Å². The zero-order valence-corrected chi connectivity index (χ0v) is 11.0. The Morgan fingerprint density at radius 1 is 1.47 bits per heavy atom. The van der Waals surface area contributed by atoms with Crippen LogP contribution in [0.25, 0.3) is 0 Å². The van der Waals surface area contributed by atoms with Crippen LogP contribution in [0.4, 0.5) is 0 Å². The van der Waals surface area contributed by atoms with E-state index in [9.17, 15) is 0 Å². The second-order valence-corrected chi connectivity index (χ2v) is 4.39. The molecule has 1 rings (SSSR count). The van der Waals surface area contributed by atoms with Crippen LogP contribution in [0.2, 0.25) is 0 Å². The third kappa shape index (κ3) is 4.65. The van der Waals surface area contributed by atoms with Gasteiger partial charge in [0, 0.05) is 39.4 Å². The molecule has 0 spiro atoms. The van der Waals surface area contributed by atoms with Gasteiger partial charge in [-0.25, -0.2) is 0 Å². The van der Waals surface area contributed by atoms with E-state index >= 15 is 0 Å². The van der Waals surface area contributed by atoms with Crippen molar-refractivity contribution in [3.05, 3.63) is 11.9 Å². The van der Waals surface area contributed by atoms with Gasteiger partial charge < -0.3 is 20.3 Å². The van der Waals surface area contributed by atoms with Crippen LogP contribution >= 0.6 is 0 Å². The van der Waals surface area contributed by atoms with Crippen molar-refractivity contribution in [1.82, 2.24) is 15.5 Å². The summed E-state index contributed by atoms with van der Waals surface area (Å²) in [6.45, 7) is 4.70. The Morgan fingerprint density at radius 2 is 2.12 bits per heavy atom. The average Bonchev–Trinajstić information content (AvgIpc) is 2.81. The molecule has 3 N–H and O–H groups in total. The highest BCUT2D eigenvalue weighted by atomic mass is 16.5. The summed E-state index contributed by atoms with van der Waals surface area (Å²) in [7, 11) is 3.54. The summed E-state index contributed by atoms with van der Waals surface area (Å²) < 4.78 is 5.07. The number of nitrogens with one attached hydrogen (secondary N) is 3. The van der Waals surface area contributed by atoms with Crippen LogP contribution < -0.4 is 10.6 Å². The molecule has 0 aliphatic carbocycles. The topological polar surface area (TPSA) is 60.4 Å². The van der Waals surface area contributed by atoms with Crippen molar-refractivity contribution in [2.45, 2.75) is 25.8 Å². The number of hydrogen-bond acceptors (Lipinski definition) is 4. The maximum atomic E-state index is 8.00. The van der Waals surface area contributed by atoms with E-state index < -0.39 is 0 Å². The maximum absolute atomic E-state index is 8.00. The van der Waals surface area contributed by atoms with Crippen LogP contribution in [-0.4, -0.2) is 50.6 Å². The standard InChI is InChI=1S/C12H24N4O/c1-10(9-17-3)15-12(14-2)8-11(13)16-6-4-5-7-16/h8,10,13-15H,4-7,9H2,1-3H3/t10-/m1/s1. The van der Waals surface area contributed by atoms with E-state index in [-0.39, 0.29) is 6.04 Å². The van der Waals surface area contributed by atoms with Crippen LogP contribution in [0.3, 0.4) is 0 Å². The average molecular weight is 240 g/mol. The summed E-state index contributed by atoms with van der Waals surface area (Å²) in [6, 6.07) is 0.227. The normalized spacial score (nSPS) is 18.1. The summed E-state index contributed by atoms with van der Waals surface area (Å²) in [5.74, 6) is 1.44. The SMILES string of the molecule is CNC(=CC(=N)N1CCCC1)N[C@H](C)COC. The first-order valence-electron chi connectivity index (χ1n) is 6.15. The van der Waals surface area contributed by atoms with Gasteiger partial charge in [-0.15, -0.1) is 0 Å². The van der Waals surface area contributed by atoms with Crippen molar-refractivity contribution in [1.29, 1.82) is 5.41 Å². The minimum atomic E-state index is 0.227. The predicted molar refractivity (Wildman–Crippen MR) is 70.2 cm³/mol. The molecule has 5 nitrogen and oxygen atoms in total. The van der Waals surface area contributed by atoms with Gasteiger partial charge in [0.25, 0.3) is 0 Å². The molecule has 0 aromatic heterocycles. The van der Waals surface area contributed by atoms with E-state index in [2.05, 4.69) is 15.5 Å². The Bertz CT molecular complexity index is 272. The molecule has 1 saturated heterocycles.